The standard InChI is InChI=1S/C15H10F6/c1-9-2-5-12(15(19,20)21)8-13(9)10-3-6-11(7-4-10)14(16,17)18/h2-8H,1H3. The van der Waals surface area contributed by atoms with Crippen LogP contribution in [0.1, 0.15) is 16.7 Å². The largest absolute Gasteiger partial charge is 0.416 e. The van der Waals surface area contributed by atoms with Crippen LogP contribution in [0.2, 0.25) is 0 Å². The Morgan fingerprint density at radius 2 is 1.14 bits per heavy atom. The summed E-state index contributed by atoms with van der Waals surface area (Å²) in [5.74, 6) is 0. The molecule has 0 saturated heterocycles. The molecule has 0 radical (unpaired) electrons. The SMILES string of the molecule is Cc1ccc(C(F)(F)F)cc1-c1ccc(C(F)(F)F)cc1. The van der Waals surface area contributed by atoms with Gasteiger partial charge in [-0.25, -0.2) is 0 Å². The van der Waals surface area contributed by atoms with Crippen molar-refractivity contribution >= 4 is 0 Å². The van der Waals surface area contributed by atoms with Gasteiger partial charge in [0.2, 0.25) is 0 Å². The first-order chi connectivity index (χ1) is 9.59. The Hall–Kier alpha value is -1.98. The van der Waals surface area contributed by atoms with E-state index in [4.69, 9.17) is 0 Å². The lowest BCUT2D eigenvalue weighted by Gasteiger charge is -2.12. The highest BCUT2D eigenvalue weighted by Gasteiger charge is 2.31. The molecule has 6 heteroatoms. The Balaban J connectivity index is 2.47. The molecule has 0 spiro atoms. The molecule has 0 heterocycles. The van der Waals surface area contributed by atoms with Gasteiger partial charge in [0.25, 0.3) is 0 Å². The number of benzene rings is 2. The number of aryl methyl sites for hydroxylation is 1. The summed E-state index contributed by atoms with van der Waals surface area (Å²) < 4.78 is 75.5. The summed E-state index contributed by atoms with van der Waals surface area (Å²) in [4.78, 5) is 0. The Bertz CT molecular complexity index is 635. The Morgan fingerprint density at radius 3 is 1.62 bits per heavy atom. The smallest absolute Gasteiger partial charge is 0.166 e. The van der Waals surface area contributed by atoms with Gasteiger partial charge in [-0.15, -0.1) is 0 Å². The first-order valence-corrected chi connectivity index (χ1v) is 5.94. The van der Waals surface area contributed by atoms with Gasteiger partial charge < -0.3 is 0 Å². The van der Waals surface area contributed by atoms with Gasteiger partial charge >= 0.3 is 12.4 Å². The van der Waals surface area contributed by atoms with E-state index in [9.17, 15) is 26.3 Å². The normalized spacial score (nSPS) is 12.5. The highest BCUT2D eigenvalue weighted by Crippen LogP contribution is 2.35. The molecule has 0 amide bonds. The second kappa shape index (κ2) is 5.09. The van der Waals surface area contributed by atoms with Crippen LogP contribution in [0, 0.1) is 6.92 Å². The summed E-state index contributed by atoms with van der Waals surface area (Å²) in [5, 5.41) is 0. The zero-order valence-electron chi connectivity index (χ0n) is 10.8. The Labute approximate surface area is 117 Å². The maximum absolute atomic E-state index is 12.7. The van der Waals surface area contributed by atoms with E-state index in [0.717, 1.165) is 24.3 Å². The fraction of sp³-hybridized carbons (Fsp3) is 0.200. The Morgan fingerprint density at radius 1 is 0.667 bits per heavy atom. The average Bonchev–Trinajstić information content (AvgIpc) is 2.37. The number of rotatable bonds is 1. The fourth-order valence-electron chi connectivity index (χ4n) is 1.95. The van der Waals surface area contributed by atoms with E-state index in [2.05, 4.69) is 0 Å². The lowest BCUT2D eigenvalue weighted by atomic mass is 9.97. The van der Waals surface area contributed by atoms with Gasteiger partial charge in [-0.3, -0.25) is 0 Å². The summed E-state index contributed by atoms with van der Waals surface area (Å²) in [7, 11) is 0. The fourth-order valence-corrected chi connectivity index (χ4v) is 1.95. The molecule has 0 aromatic heterocycles. The molecule has 2 rings (SSSR count). The number of hydrogen-bond donors (Lipinski definition) is 0. The zero-order chi connectivity index (χ0) is 15.8. The van der Waals surface area contributed by atoms with Crippen molar-refractivity contribution in [3.63, 3.8) is 0 Å². The maximum atomic E-state index is 12.7. The minimum absolute atomic E-state index is 0.263. The topological polar surface area (TPSA) is 0 Å². The van der Waals surface area contributed by atoms with E-state index in [0.29, 0.717) is 11.1 Å². The summed E-state index contributed by atoms with van der Waals surface area (Å²) in [6.07, 6.45) is -8.96. The second-order valence-corrected chi connectivity index (χ2v) is 4.60. The van der Waals surface area contributed by atoms with E-state index in [1.807, 2.05) is 0 Å². The molecule has 0 N–H and O–H groups in total. The van der Waals surface area contributed by atoms with Gasteiger partial charge in [0.1, 0.15) is 0 Å². The van der Waals surface area contributed by atoms with Gasteiger partial charge in [-0.05, 0) is 47.9 Å². The van der Waals surface area contributed by atoms with Crippen molar-refractivity contribution in [2.75, 3.05) is 0 Å². The summed E-state index contributed by atoms with van der Waals surface area (Å²) in [5.41, 5.74) is -0.535. The molecule has 0 bridgehead atoms. The van der Waals surface area contributed by atoms with E-state index in [1.54, 1.807) is 6.92 Å². The van der Waals surface area contributed by atoms with Crippen LogP contribution in [0.15, 0.2) is 42.5 Å². The number of alkyl halides is 6. The maximum Gasteiger partial charge on any atom is 0.416 e. The zero-order valence-corrected chi connectivity index (χ0v) is 10.8. The second-order valence-electron chi connectivity index (χ2n) is 4.60. The molecule has 2 aromatic rings. The van der Waals surface area contributed by atoms with E-state index >= 15 is 0 Å². The van der Waals surface area contributed by atoms with Crippen LogP contribution < -0.4 is 0 Å². The first kappa shape index (κ1) is 15.4. The Kier molecular flexibility index (Phi) is 3.74. The third kappa shape index (κ3) is 3.37. The molecule has 0 atom stereocenters. The molecule has 0 aliphatic carbocycles. The predicted molar refractivity (Wildman–Crippen MR) is 66.6 cm³/mol. The number of hydrogen-bond acceptors (Lipinski definition) is 0. The van der Waals surface area contributed by atoms with Crippen molar-refractivity contribution in [1.82, 2.24) is 0 Å². The molecule has 0 saturated carbocycles. The monoisotopic (exact) mass is 304 g/mol. The molecule has 0 aliphatic heterocycles. The van der Waals surface area contributed by atoms with Crippen molar-refractivity contribution in [3.8, 4) is 11.1 Å². The quantitative estimate of drug-likeness (QED) is 0.593. The summed E-state index contributed by atoms with van der Waals surface area (Å²) in [6, 6.07) is 7.25. The molecular formula is C15H10F6. The van der Waals surface area contributed by atoms with Crippen molar-refractivity contribution in [1.29, 1.82) is 0 Å². The van der Waals surface area contributed by atoms with Gasteiger partial charge in [-0.2, -0.15) is 26.3 Å². The van der Waals surface area contributed by atoms with Crippen LogP contribution >= 0.6 is 0 Å². The molecule has 0 nitrogen and oxygen atoms in total. The van der Waals surface area contributed by atoms with Crippen LogP contribution in [0.3, 0.4) is 0 Å². The van der Waals surface area contributed by atoms with Crippen molar-refractivity contribution in [3.05, 3.63) is 59.2 Å². The minimum Gasteiger partial charge on any atom is -0.166 e. The molecular weight excluding hydrogens is 294 g/mol. The predicted octanol–water partition coefficient (Wildman–Crippen LogP) is 5.70. The molecule has 0 aliphatic rings. The highest BCUT2D eigenvalue weighted by molar-refractivity contribution is 5.68. The molecule has 2 aromatic carbocycles. The lowest BCUT2D eigenvalue weighted by Crippen LogP contribution is -2.06. The third-order valence-corrected chi connectivity index (χ3v) is 3.09. The van der Waals surface area contributed by atoms with Crippen molar-refractivity contribution in [2.45, 2.75) is 19.3 Å². The van der Waals surface area contributed by atoms with Gasteiger partial charge in [0.05, 0.1) is 11.1 Å². The highest BCUT2D eigenvalue weighted by atomic mass is 19.4. The van der Waals surface area contributed by atoms with Gasteiger partial charge in [-0.1, -0.05) is 18.2 Å². The molecule has 112 valence electrons. The molecule has 21 heavy (non-hydrogen) atoms. The van der Waals surface area contributed by atoms with Crippen LogP contribution in [0.4, 0.5) is 26.3 Å². The van der Waals surface area contributed by atoms with Crippen LogP contribution in [-0.4, -0.2) is 0 Å². The molecule has 0 unspecified atom stereocenters. The lowest BCUT2D eigenvalue weighted by molar-refractivity contribution is -0.138. The molecule has 0 fully saturated rings. The van der Waals surface area contributed by atoms with E-state index < -0.39 is 23.5 Å². The number of halogens is 6. The van der Waals surface area contributed by atoms with Crippen LogP contribution in [-0.2, 0) is 12.4 Å². The van der Waals surface area contributed by atoms with E-state index in [1.165, 1.54) is 18.2 Å². The first-order valence-electron chi connectivity index (χ1n) is 5.94. The summed E-state index contributed by atoms with van der Waals surface area (Å²) in [6.45, 7) is 1.60. The van der Waals surface area contributed by atoms with Crippen molar-refractivity contribution in [2.24, 2.45) is 0 Å². The third-order valence-electron chi connectivity index (χ3n) is 3.09. The van der Waals surface area contributed by atoms with Crippen molar-refractivity contribution < 1.29 is 26.3 Å². The van der Waals surface area contributed by atoms with Crippen LogP contribution in [0.25, 0.3) is 11.1 Å². The average molecular weight is 304 g/mol. The summed E-state index contributed by atoms with van der Waals surface area (Å²) >= 11 is 0. The van der Waals surface area contributed by atoms with Gasteiger partial charge in [0.15, 0.2) is 0 Å². The van der Waals surface area contributed by atoms with Gasteiger partial charge in [0, 0.05) is 0 Å². The minimum atomic E-state index is -4.49. The van der Waals surface area contributed by atoms with Crippen LogP contribution in [0.5, 0.6) is 0 Å². The van der Waals surface area contributed by atoms with E-state index in [-0.39, 0.29) is 5.56 Å².